The van der Waals surface area contributed by atoms with Crippen LogP contribution in [0.25, 0.3) is 10.4 Å². The van der Waals surface area contributed by atoms with Crippen molar-refractivity contribution in [1.29, 1.82) is 0 Å². The van der Waals surface area contributed by atoms with Crippen LogP contribution in [0, 0.1) is 0 Å². The van der Waals surface area contributed by atoms with Gasteiger partial charge in [-0.25, -0.2) is 0 Å². The number of para-hydroxylation sites is 1. The molecule has 1 heterocycles. The number of rotatable bonds is 6. The molecular formula is C14H18N4O3. The lowest BCUT2D eigenvalue weighted by Gasteiger charge is -2.21. The molecule has 0 bridgehead atoms. The maximum atomic E-state index is 11.5. The number of carboxylic acid groups (broad SMARTS) is 1. The highest BCUT2D eigenvalue weighted by atomic mass is 16.5. The van der Waals surface area contributed by atoms with Gasteiger partial charge in [-0.1, -0.05) is 23.3 Å². The van der Waals surface area contributed by atoms with E-state index in [-0.39, 0.29) is 18.7 Å². The summed E-state index contributed by atoms with van der Waals surface area (Å²) in [6.07, 6.45) is 0.751. The first-order valence-corrected chi connectivity index (χ1v) is 6.72. The first kappa shape index (κ1) is 15.2. The number of hydrogen-bond acceptors (Lipinski definition) is 4. The molecule has 0 amide bonds. The highest BCUT2D eigenvalue weighted by Crippen LogP contribution is 2.39. The van der Waals surface area contributed by atoms with Gasteiger partial charge in [0.15, 0.2) is 0 Å². The van der Waals surface area contributed by atoms with E-state index in [1.54, 1.807) is 6.07 Å². The maximum absolute atomic E-state index is 11.5. The second kappa shape index (κ2) is 6.03. The van der Waals surface area contributed by atoms with Gasteiger partial charge in [0.05, 0.1) is 0 Å². The number of ether oxygens (including phenoxy) is 1. The molecule has 1 aromatic carbocycles. The number of nitrogens with one attached hydrogen (secondary N) is 1. The van der Waals surface area contributed by atoms with Gasteiger partial charge in [0.2, 0.25) is 0 Å². The van der Waals surface area contributed by atoms with E-state index < -0.39 is 12.0 Å². The van der Waals surface area contributed by atoms with Crippen molar-refractivity contribution in [2.24, 2.45) is 5.11 Å². The largest absolute Gasteiger partial charge is 0.487 e. The summed E-state index contributed by atoms with van der Waals surface area (Å²) in [5.41, 5.74) is 9.53. The van der Waals surface area contributed by atoms with E-state index in [1.165, 1.54) is 0 Å². The second-order valence-electron chi connectivity index (χ2n) is 5.55. The maximum Gasteiger partial charge on any atom is 0.325 e. The molecule has 0 saturated heterocycles. The monoisotopic (exact) mass is 290 g/mol. The van der Waals surface area contributed by atoms with Crippen LogP contribution >= 0.6 is 0 Å². The molecule has 0 saturated carbocycles. The van der Waals surface area contributed by atoms with Crippen molar-refractivity contribution in [3.8, 4) is 5.75 Å². The van der Waals surface area contributed by atoms with Crippen LogP contribution < -0.4 is 10.1 Å². The van der Waals surface area contributed by atoms with E-state index in [4.69, 9.17) is 10.3 Å². The van der Waals surface area contributed by atoms with E-state index in [0.717, 1.165) is 12.0 Å². The molecule has 112 valence electrons. The zero-order chi connectivity index (χ0) is 15.5. The molecule has 1 aliphatic heterocycles. The number of carboxylic acids is 1. The predicted molar refractivity (Wildman–Crippen MR) is 77.2 cm³/mol. The number of fused-ring (bicyclic) bond motifs is 1. The van der Waals surface area contributed by atoms with Crippen LogP contribution in [0.5, 0.6) is 5.75 Å². The number of nitrogens with zero attached hydrogens (tertiary/aromatic N) is 3. The van der Waals surface area contributed by atoms with Gasteiger partial charge >= 0.3 is 5.97 Å². The molecule has 2 rings (SSSR count). The summed E-state index contributed by atoms with van der Waals surface area (Å²) < 4.78 is 5.90. The zero-order valence-electron chi connectivity index (χ0n) is 12.0. The molecular weight excluding hydrogens is 272 g/mol. The summed E-state index contributed by atoms with van der Waals surface area (Å²) in [6.45, 7) is 4.43. The lowest BCUT2D eigenvalue weighted by atomic mass is 9.98. The van der Waals surface area contributed by atoms with E-state index in [0.29, 0.717) is 11.3 Å². The summed E-state index contributed by atoms with van der Waals surface area (Å²) in [4.78, 5) is 14.1. The quantitative estimate of drug-likeness (QED) is 0.363. The first-order chi connectivity index (χ1) is 9.94. The standard InChI is InChI=1S/C14H18N4O3/c1-14(2)8-9-4-3-5-10(12(9)21-14)11(13(19)20)16-6-7-17-18-15/h3-5,11,16H,6-8H2,1-2H3,(H,19,20). The average molecular weight is 290 g/mol. The topological polar surface area (TPSA) is 107 Å². The summed E-state index contributed by atoms with van der Waals surface area (Å²) >= 11 is 0. The molecule has 7 heteroatoms. The van der Waals surface area contributed by atoms with E-state index in [1.807, 2.05) is 26.0 Å². The average Bonchev–Trinajstić information content (AvgIpc) is 2.72. The third-order valence-corrected chi connectivity index (χ3v) is 3.30. The summed E-state index contributed by atoms with van der Waals surface area (Å²) in [5.74, 6) is -0.344. The van der Waals surface area contributed by atoms with Crippen molar-refractivity contribution >= 4 is 5.97 Å². The molecule has 0 aliphatic carbocycles. The van der Waals surface area contributed by atoms with Crippen molar-refractivity contribution in [1.82, 2.24) is 5.32 Å². The smallest absolute Gasteiger partial charge is 0.325 e. The Morgan fingerprint density at radius 2 is 2.38 bits per heavy atom. The molecule has 0 fully saturated rings. The Morgan fingerprint density at radius 1 is 1.62 bits per heavy atom. The Bertz CT molecular complexity index is 594. The summed E-state index contributed by atoms with van der Waals surface area (Å²) in [7, 11) is 0. The van der Waals surface area contributed by atoms with Crippen LogP contribution in [-0.2, 0) is 11.2 Å². The molecule has 1 aromatic rings. The fraction of sp³-hybridized carbons (Fsp3) is 0.500. The van der Waals surface area contributed by atoms with Crippen molar-refractivity contribution in [3.63, 3.8) is 0 Å². The Morgan fingerprint density at radius 3 is 3.05 bits per heavy atom. The number of hydrogen-bond donors (Lipinski definition) is 2. The molecule has 0 spiro atoms. The highest BCUT2D eigenvalue weighted by Gasteiger charge is 2.34. The number of carbonyl (C=O) groups is 1. The fourth-order valence-electron chi connectivity index (χ4n) is 2.50. The Labute approximate surface area is 122 Å². The van der Waals surface area contributed by atoms with E-state index >= 15 is 0 Å². The molecule has 1 atom stereocenters. The van der Waals surface area contributed by atoms with Crippen molar-refractivity contribution in [2.45, 2.75) is 31.9 Å². The Balaban J connectivity index is 2.24. The Kier molecular flexibility index (Phi) is 4.35. The molecule has 1 aliphatic rings. The molecule has 21 heavy (non-hydrogen) atoms. The zero-order valence-corrected chi connectivity index (χ0v) is 12.0. The second-order valence-corrected chi connectivity index (χ2v) is 5.55. The first-order valence-electron chi connectivity index (χ1n) is 6.72. The molecule has 0 radical (unpaired) electrons. The van der Waals surface area contributed by atoms with Gasteiger partial charge in [0.25, 0.3) is 0 Å². The normalized spacial score (nSPS) is 16.5. The fourth-order valence-corrected chi connectivity index (χ4v) is 2.50. The predicted octanol–water partition coefficient (Wildman–Crippen LogP) is 2.43. The Hall–Kier alpha value is -2.24. The minimum absolute atomic E-state index is 0.196. The van der Waals surface area contributed by atoms with Crippen LogP contribution in [-0.4, -0.2) is 29.8 Å². The van der Waals surface area contributed by atoms with Gasteiger partial charge in [-0.05, 0) is 24.9 Å². The number of azide groups is 1. The van der Waals surface area contributed by atoms with Crippen LogP contribution in [0.1, 0.15) is 31.0 Å². The molecule has 7 nitrogen and oxygen atoms in total. The third kappa shape index (κ3) is 3.45. The van der Waals surface area contributed by atoms with Crippen molar-refractivity contribution in [3.05, 3.63) is 39.8 Å². The van der Waals surface area contributed by atoms with Crippen molar-refractivity contribution in [2.75, 3.05) is 13.1 Å². The molecule has 0 aromatic heterocycles. The molecule has 2 N–H and O–H groups in total. The van der Waals surface area contributed by atoms with E-state index in [9.17, 15) is 9.90 Å². The highest BCUT2D eigenvalue weighted by molar-refractivity contribution is 5.77. The number of aliphatic carboxylic acids is 1. The van der Waals surface area contributed by atoms with Gasteiger partial charge in [-0.3, -0.25) is 4.79 Å². The SMILES string of the molecule is CC1(C)Cc2cccc(C(NCCN=[N+]=[N-])C(=O)O)c2O1. The van der Waals surface area contributed by atoms with Crippen LogP contribution in [0.3, 0.4) is 0 Å². The number of benzene rings is 1. The van der Waals surface area contributed by atoms with Gasteiger partial charge in [-0.2, -0.15) is 0 Å². The lowest BCUT2D eigenvalue weighted by Crippen LogP contribution is -2.31. The third-order valence-electron chi connectivity index (χ3n) is 3.30. The van der Waals surface area contributed by atoms with Crippen LogP contribution in [0.4, 0.5) is 0 Å². The summed E-state index contributed by atoms with van der Waals surface area (Å²) in [6, 6.07) is 4.65. The minimum Gasteiger partial charge on any atom is -0.487 e. The van der Waals surface area contributed by atoms with Crippen LogP contribution in [0.15, 0.2) is 23.3 Å². The molecule has 1 unspecified atom stereocenters. The van der Waals surface area contributed by atoms with Gasteiger partial charge in [0, 0.05) is 30.0 Å². The van der Waals surface area contributed by atoms with Gasteiger partial charge < -0.3 is 15.2 Å². The van der Waals surface area contributed by atoms with E-state index in [2.05, 4.69) is 15.3 Å². The van der Waals surface area contributed by atoms with Gasteiger partial charge in [-0.15, -0.1) is 0 Å². The van der Waals surface area contributed by atoms with Crippen LogP contribution in [0.2, 0.25) is 0 Å². The lowest BCUT2D eigenvalue weighted by molar-refractivity contribution is -0.139. The summed E-state index contributed by atoms with van der Waals surface area (Å²) in [5, 5.41) is 15.7. The van der Waals surface area contributed by atoms with Crippen molar-refractivity contribution < 1.29 is 14.6 Å². The minimum atomic E-state index is -0.988. The van der Waals surface area contributed by atoms with Gasteiger partial charge in [0.1, 0.15) is 17.4 Å².